The predicted molar refractivity (Wildman–Crippen MR) is 74.7 cm³/mol. The number of hydrogen-bond donors (Lipinski definition) is 1. The van der Waals surface area contributed by atoms with E-state index in [9.17, 15) is 0 Å². The Bertz CT molecular complexity index is 331. The van der Waals surface area contributed by atoms with E-state index in [0.717, 1.165) is 19.0 Å². The van der Waals surface area contributed by atoms with E-state index in [2.05, 4.69) is 34.6 Å². The Morgan fingerprint density at radius 2 is 2.24 bits per heavy atom. The Kier molecular flexibility index (Phi) is 4.80. The third-order valence-electron chi connectivity index (χ3n) is 3.43. The van der Waals surface area contributed by atoms with Crippen molar-refractivity contribution in [3.63, 3.8) is 0 Å². The van der Waals surface area contributed by atoms with E-state index in [0.29, 0.717) is 0 Å². The molecule has 1 aromatic heterocycles. The molecular formula is C13H23N3S. The van der Waals surface area contributed by atoms with Gasteiger partial charge in [-0.1, -0.05) is 19.8 Å². The zero-order valence-electron chi connectivity index (χ0n) is 10.9. The van der Waals surface area contributed by atoms with Crippen molar-refractivity contribution in [2.24, 2.45) is 5.92 Å². The summed E-state index contributed by atoms with van der Waals surface area (Å²) in [6, 6.07) is 0. The van der Waals surface area contributed by atoms with E-state index in [-0.39, 0.29) is 0 Å². The molecule has 0 radical (unpaired) electrons. The maximum Gasteiger partial charge on any atom is 0.185 e. The van der Waals surface area contributed by atoms with Crippen molar-refractivity contribution in [3.05, 3.63) is 11.1 Å². The van der Waals surface area contributed by atoms with Gasteiger partial charge in [0.05, 0.1) is 5.69 Å². The van der Waals surface area contributed by atoms with Crippen LogP contribution < -0.4 is 10.2 Å². The maximum atomic E-state index is 4.67. The quantitative estimate of drug-likeness (QED) is 0.845. The van der Waals surface area contributed by atoms with E-state index in [4.69, 9.17) is 0 Å². The zero-order valence-corrected chi connectivity index (χ0v) is 11.7. The number of anilines is 1. The first-order chi connectivity index (χ1) is 8.29. The van der Waals surface area contributed by atoms with E-state index in [1.807, 2.05) is 0 Å². The Hall–Kier alpha value is -0.610. The van der Waals surface area contributed by atoms with Crippen LogP contribution in [0.1, 0.15) is 38.3 Å². The highest BCUT2D eigenvalue weighted by atomic mass is 32.1. The van der Waals surface area contributed by atoms with Crippen LogP contribution in [0.3, 0.4) is 0 Å². The topological polar surface area (TPSA) is 28.2 Å². The lowest BCUT2D eigenvalue weighted by atomic mass is 10.1. The van der Waals surface area contributed by atoms with Gasteiger partial charge in [0.15, 0.2) is 5.13 Å². The molecule has 1 aliphatic rings. The van der Waals surface area contributed by atoms with Gasteiger partial charge in [0.1, 0.15) is 0 Å². The molecule has 0 atom stereocenters. The molecule has 1 aliphatic carbocycles. The maximum absolute atomic E-state index is 4.67. The number of nitrogens with zero attached hydrogens (tertiary/aromatic N) is 2. The summed E-state index contributed by atoms with van der Waals surface area (Å²) in [5, 5.41) is 6.66. The number of hydrogen-bond acceptors (Lipinski definition) is 4. The molecule has 0 aromatic carbocycles. The summed E-state index contributed by atoms with van der Waals surface area (Å²) < 4.78 is 0. The van der Waals surface area contributed by atoms with E-state index in [1.165, 1.54) is 43.1 Å². The summed E-state index contributed by atoms with van der Waals surface area (Å²) in [5.41, 5.74) is 1.17. The first-order valence-corrected chi connectivity index (χ1v) is 7.53. The van der Waals surface area contributed by atoms with Gasteiger partial charge < -0.3 is 10.2 Å². The lowest BCUT2D eigenvalue weighted by Gasteiger charge is -2.19. The van der Waals surface area contributed by atoms with E-state index < -0.39 is 0 Å². The molecule has 17 heavy (non-hydrogen) atoms. The molecule has 0 saturated heterocycles. The summed E-state index contributed by atoms with van der Waals surface area (Å²) in [7, 11) is 2.17. The number of thiazole rings is 1. The standard InChI is InChI=1S/C13H23N3S/c1-3-14-8-12-10-17-13(15-12)16(2)9-11-6-4-5-7-11/h10-11,14H,3-9H2,1-2H3. The van der Waals surface area contributed by atoms with E-state index >= 15 is 0 Å². The summed E-state index contributed by atoms with van der Waals surface area (Å²) >= 11 is 1.77. The number of rotatable bonds is 6. The highest BCUT2D eigenvalue weighted by molar-refractivity contribution is 7.13. The van der Waals surface area contributed by atoms with Gasteiger partial charge in [0, 0.05) is 25.5 Å². The average Bonchev–Trinajstić information content (AvgIpc) is 2.96. The molecular weight excluding hydrogens is 230 g/mol. The van der Waals surface area contributed by atoms with Crippen LogP contribution in [0.4, 0.5) is 5.13 Å². The van der Waals surface area contributed by atoms with Crippen LogP contribution in [0.2, 0.25) is 0 Å². The van der Waals surface area contributed by atoms with Gasteiger partial charge in [-0.2, -0.15) is 0 Å². The SMILES string of the molecule is CCNCc1csc(N(C)CC2CCCC2)n1. The van der Waals surface area contributed by atoms with Crippen LogP contribution >= 0.6 is 11.3 Å². The average molecular weight is 253 g/mol. The molecule has 1 fully saturated rings. The van der Waals surface area contributed by atoms with Crippen LogP contribution in [0, 0.1) is 5.92 Å². The third-order valence-corrected chi connectivity index (χ3v) is 4.43. The van der Waals surface area contributed by atoms with Crippen LogP contribution in [-0.4, -0.2) is 25.1 Å². The van der Waals surface area contributed by atoms with Crippen molar-refractivity contribution in [1.29, 1.82) is 0 Å². The molecule has 3 nitrogen and oxygen atoms in total. The summed E-state index contributed by atoms with van der Waals surface area (Å²) in [6.07, 6.45) is 5.64. The van der Waals surface area contributed by atoms with Crippen molar-refractivity contribution < 1.29 is 0 Å². The van der Waals surface area contributed by atoms with Gasteiger partial charge in [-0.3, -0.25) is 0 Å². The van der Waals surface area contributed by atoms with Crippen molar-refractivity contribution in [2.45, 2.75) is 39.2 Å². The first kappa shape index (κ1) is 12.8. The normalized spacial score (nSPS) is 16.6. The smallest absolute Gasteiger partial charge is 0.185 e. The molecule has 0 aliphatic heterocycles. The Labute approximate surface area is 108 Å². The summed E-state index contributed by atoms with van der Waals surface area (Å²) in [5.74, 6) is 0.890. The first-order valence-electron chi connectivity index (χ1n) is 6.66. The summed E-state index contributed by atoms with van der Waals surface area (Å²) in [4.78, 5) is 7.00. The molecule has 0 amide bonds. The lowest BCUT2D eigenvalue weighted by Crippen LogP contribution is -2.24. The third kappa shape index (κ3) is 3.68. The summed E-state index contributed by atoms with van der Waals surface area (Å²) in [6.45, 7) is 5.20. The molecule has 2 rings (SSSR count). The van der Waals surface area contributed by atoms with Crippen molar-refractivity contribution >= 4 is 16.5 Å². The molecule has 1 saturated carbocycles. The van der Waals surface area contributed by atoms with Crippen molar-refractivity contribution in [1.82, 2.24) is 10.3 Å². The molecule has 1 N–H and O–H groups in total. The molecule has 1 aromatic rings. The van der Waals surface area contributed by atoms with Gasteiger partial charge >= 0.3 is 0 Å². The second-order valence-corrected chi connectivity index (χ2v) is 5.77. The zero-order chi connectivity index (χ0) is 12.1. The lowest BCUT2D eigenvalue weighted by molar-refractivity contribution is 0.546. The van der Waals surface area contributed by atoms with Gasteiger partial charge in [-0.15, -0.1) is 11.3 Å². The predicted octanol–water partition coefficient (Wildman–Crippen LogP) is 2.88. The van der Waals surface area contributed by atoms with Gasteiger partial charge in [-0.05, 0) is 25.3 Å². The fourth-order valence-corrected chi connectivity index (χ4v) is 3.27. The molecule has 1 heterocycles. The van der Waals surface area contributed by atoms with Gasteiger partial charge in [0.25, 0.3) is 0 Å². The molecule has 0 unspecified atom stereocenters. The second kappa shape index (κ2) is 6.36. The highest BCUT2D eigenvalue weighted by Crippen LogP contribution is 2.27. The van der Waals surface area contributed by atoms with E-state index in [1.54, 1.807) is 11.3 Å². The Balaban J connectivity index is 1.85. The number of aromatic nitrogens is 1. The minimum Gasteiger partial charge on any atom is -0.351 e. The minimum absolute atomic E-state index is 0.890. The molecule has 0 spiro atoms. The molecule has 96 valence electrons. The Morgan fingerprint density at radius 1 is 1.47 bits per heavy atom. The van der Waals surface area contributed by atoms with Crippen LogP contribution in [-0.2, 0) is 6.54 Å². The van der Waals surface area contributed by atoms with Gasteiger partial charge in [0.2, 0.25) is 0 Å². The van der Waals surface area contributed by atoms with Crippen molar-refractivity contribution in [2.75, 3.05) is 25.0 Å². The van der Waals surface area contributed by atoms with Crippen LogP contribution in [0.5, 0.6) is 0 Å². The second-order valence-electron chi connectivity index (χ2n) is 4.93. The van der Waals surface area contributed by atoms with Crippen LogP contribution in [0.15, 0.2) is 5.38 Å². The molecule has 4 heteroatoms. The number of nitrogens with one attached hydrogen (secondary N) is 1. The highest BCUT2D eigenvalue weighted by Gasteiger charge is 2.18. The molecule has 0 bridgehead atoms. The fraction of sp³-hybridized carbons (Fsp3) is 0.769. The largest absolute Gasteiger partial charge is 0.351 e. The van der Waals surface area contributed by atoms with Crippen LogP contribution in [0.25, 0.3) is 0 Å². The van der Waals surface area contributed by atoms with Crippen molar-refractivity contribution in [3.8, 4) is 0 Å². The minimum atomic E-state index is 0.890. The monoisotopic (exact) mass is 253 g/mol. The fourth-order valence-electron chi connectivity index (χ4n) is 2.46. The van der Waals surface area contributed by atoms with Gasteiger partial charge in [-0.25, -0.2) is 4.98 Å². The Morgan fingerprint density at radius 3 is 2.94 bits per heavy atom.